The summed E-state index contributed by atoms with van der Waals surface area (Å²) in [5.74, 6) is -0.298. The van der Waals surface area contributed by atoms with E-state index in [-0.39, 0.29) is 5.91 Å². The second kappa shape index (κ2) is 6.74. The third-order valence-electron chi connectivity index (χ3n) is 3.86. The molecule has 1 amide bonds. The van der Waals surface area contributed by atoms with Crippen LogP contribution in [0.3, 0.4) is 0 Å². The van der Waals surface area contributed by atoms with Crippen LogP contribution in [-0.2, 0) is 22.4 Å². The van der Waals surface area contributed by atoms with Crippen molar-refractivity contribution in [1.29, 1.82) is 0 Å². The predicted molar refractivity (Wildman–Crippen MR) is 81.2 cm³/mol. The van der Waals surface area contributed by atoms with Gasteiger partial charge in [-0.05, 0) is 54.9 Å². The number of carbonyl (C=O) groups is 2. The standard InChI is InChI=1S/C17H23NO3/c1-11(2)9-15(17(20)21-3)18-16(19)14-8-7-12-5-4-6-13(12)10-14/h7-8,10-11,15H,4-6,9H2,1-3H3,(H,18,19)/t15-/m1/s1. The molecule has 1 aromatic rings. The maximum atomic E-state index is 12.3. The number of hydrogen-bond acceptors (Lipinski definition) is 3. The largest absolute Gasteiger partial charge is 0.467 e. The van der Waals surface area contributed by atoms with Crippen LogP contribution >= 0.6 is 0 Å². The van der Waals surface area contributed by atoms with Crippen molar-refractivity contribution >= 4 is 11.9 Å². The number of hydrogen-bond donors (Lipinski definition) is 1. The summed E-state index contributed by atoms with van der Waals surface area (Å²) in [5, 5.41) is 2.79. The van der Waals surface area contributed by atoms with E-state index in [1.54, 1.807) is 0 Å². The van der Waals surface area contributed by atoms with Crippen LogP contribution in [0.5, 0.6) is 0 Å². The van der Waals surface area contributed by atoms with Crippen molar-refractivity contribution in [3.63, 3.8) is 0 Å². The van der Waals surface area contributed by atoms with Gasteiger partial charge in [0.1, 0.15) is 6.04 Å². The molecule has 0 aliphatic heterocycles. The minimum atomic E-state index is -0.587. The molecule has 21 heavy (non-hydrogen) atoms. The number of benzene rings is 1. The predicted octanol–water partition coefficient (Wildman–Crippen LogP) is 2.49. The lowest BCUT2D eigenvalue weighted by atomic mass is 10.0. The molecule has 0 saturated heterocycles. The molecule has 0 aromatic heterocycles. The second-order valence-electron chi connectivity index (χ2n) is 6.02. The highest BCUT2D eigenvalue weighted by Gasteiger charge is 2.23. The van der Waals surface area contributed by atoms with Gasteiger partial charge in [-0.3, -0.25) is 4.79 Å². The number of carbonyl (C=O) groups excluding carboxylic acids is 2. The van der Waals surface area contributed by atoms with Crippen molar-refractivity contribution in [2.45, 2.75) is 45.6 Å². The molecular formula is C17H23NO3. The molecule has 1 aromatic carbocycles. The fourth-order valence-corrected chi connectivity index (χ4v) is 2.78. The van der Waals surface area contributed by atoms with Crippen LogP contribution < -0.4 is 5.32 Å². The summed E-state index contributed by atoms with van der Waals surface area (Å²) in [6.07, 6.45) is 3.85. The highest BCUT2D eigenvalue weighted by atomic mass is 16.5. The number of methoxy groups -OCH3 is 1. The van der Waals surface area contributed by atoms with Crippen LogP contribution in [-0.4, -0.2) is 25.0 Å². The van der Waals surface area contributed by atoms with E-state index in [1.807, 2.05) is 32.0 Å². The zero-order valence-corrected chi connectivity index (χ0v) is 12.9. The Hall–Kier alpha value is -1.84. The van der Waals surface area contributed by atoms with Crippen LogP contribution in [0.15, 0.2) is 18.2 Å². The monoisotopic (exact) mass is 289 g/mol. The van der Waals surface area contributed by atoms with Crippen molar-refractivity contribution in [3.05, 3.63) is 34.9 Å². The molecule has 1 aliphatic rings. The highest BCUT2D eigenvalue weighted by Crippen LogP contribution is 2.23. The van der Waals surface area contributed by atoms with Crippen molar-refractivity contribution in [2.75, 3.05) is 7.11 Å². The quantitative estimate of drug-likeness (QED) is 0.847. The van der Waals surface area contributed by atoms with Crippen LogP contribution in [0.2, 0.25) is 0 Å². The van der Waals surface area contributed by atoms with Gasteiger partial charge in [0.2, 0.25) is 0 Å². The zero-order chi connectivity index (χ0) is 15.4. The van der Waals surface area contributed by atoms with E-state index < -0.39 is 12.0 Å². The molecule has 4 heteroatoms. The zero-order valence-electron chi connectivity index (χ0n) is 12.9. The fraction of sp³-hybridized carbons (Fsp3) is 0.529. The smallest absolute Gasteiger partial charge is 0.328 e. The Morgan fingerprint density at radius 2 is 1.95 bits per heavy atom. The molecule has 0 fully saturated rings. The molecule has 0 heterocycles. The first-order valence-electron chi connectivity index (χ1n) is 7.51. The highest BCUT2D eigenvalue weighted by molar-refractivity contribution is 5.97. The van der Waals surface area contributed by atoms with Gasteiger partial charge < -0.3 is 10.1 Å². The van der Waals surface area contributed by atoms with E-state index in [0.29, 0.717) is 17.9 Å². The van der Waals surface area contributed by atoms with E-state index in [1.165, 1.54) is 18.2 Å². The van der Waals surface area contributed by atoms with E-state index in [0.717, 1.165) is 19.3 Å². The summed E-state index contributed by atoms with van der Waals surface area (Å²) in [7, 11) is 1.34. The van der Waals surface area contributed by atoms with Gasteiger partial charge in [0.25, 0.3) is 5.91 Å². The number of esters is 1. The Kier molecular flexibility index (Phi) is 4.99. The van der Waals surface area contributed by atoms with Gasteiger partial charge >= 0.3 is 5.97 Å². The molecular weight excluding hydrogens is 266 g/mol. The maximum Gasteiger partial charge on any atom is 0.328 e. The second-order valence-corrected chi connectivity index (χ2v) is 6.02. The molecule has 0 spiro atoms. The van der Waals surface area contributed by atoms with Gasteiger partial charge in [0.15, 0.2) is 0 Å². The summed E-state index contributed by atoms with van der Waals surface area (Å²) in [4.78, 5) is 24.1. The van der Waals surface area contributed by atoms with Crippen molar-refractivity contribution in [2.24, 2.45) is 5.92 Å². The lowest BCUT2D eigenvalue weighted by Gasteiger charge is -2.18. The molecule has 1 aliphatic carbocycles. The molecule has 1 atom stereocenters. The number of ether oxygens (including phenoxy) is 1. The van der Waals surface area contributed by atoms with Gasteiger partial charge in [-0.15, -0.1) is 0 Å². The fourth-order valence-electron chi connectivity index (χ4n) is 2.78. The van der Waals surface area contributed by atoms with E-state index >= 15 is 0 Å². The molecule has 1 N–H and O–H groups in total. The number of fused-ring (bicyclic) bond motifs is 1. The normalized spacial score (nSPS) is 14.7. The van der Waals surface area contributed by atoms with E-state index in [4.69, 9.17) is 4.74 Å². The molecule has 0 radical (unpaired) electrons. The topological polar surface area (TPSA) is 55.4 Å². The van der Waals surface area contributed by atoms with Gasteiger partial charge in [-0.25, -0.2) is 4.79 Å². The molecule has 4 nitrogen and oxygen atoms in total. The Morgan fingerprint density at radius 1 is 1.24 bits per heavy atom. The first-order chi connectivity index (χ1) is 10.0. The van der Waals surface area contributed by atoms with Gasteiger partial charge in [0.05, 0.1) is 7.11 Å². The van der Waals surface area contributed by atoms with Crippen molar-refractivity contribution < 1.29 is 14.3 Å². The first kappa shape index (κ1) is 15.5. The third-order valence-corrected chi connectivity index (χ3v) is 3.86. The average Bonchev–Trinajstić information content (AvgIpc) is 2.92. The minimum absolute atomic E-state index is 0.208. The van der Waals surface area contributed by atoms with Crippen molar-refractivity contribution in [1.82, 2.24) is 5.32 Å². The van der Waals surface area contributed by atoms with Gasteiger partial charge in [-0.2, -0.15) is 0 Å². The molecule has 0 saturated carbocycles. The van der Waals surface area contributed by atoms with Gasteiger partial charge in [-0.1, -0.05) is 19.9 Å². The average molecular weight is 289 g/mol. The number of rotatable bonds is 5. The first-order valence-corrected chi connectivity index (χ1v) is 7.51. The SMILES string of the molecule is COC(=O)[C@@H](CC(C)C)NC(=O)c1ccc2c(c1)CCC2. The summed E-state index contributed by atoms with van der Waals surface area (Å²) in [6.45, 7) is 4.02. The Labute approximate surface area is 125 Å². The van der Waals surface area contributed by atoms with Crippen LogP contribution in [0.25, 0.3) is 0 Å². The Morgan fingerprint density at radius 3 is 2.62 bits per heavy atom. The van der Waals surface area contributed by atoms with E-state index in [2.05, 4.69) is 5.32 Å². The van der Waals surface area contributed by atoms with Crippen LogP contribution in [0.4, 0.5) is 0 Å². The molecule has 0 bridgehead atoms. The minimum Gasteiger partial charge on any atom is -0.467 e. The lowest BCUT2D eigenvalue weighted by molar-refractivity contribution is -0.143. The number of amides is 1. The van der Waals surface area contributed by atoms with Crippen molar-refractivity contribution in [3.8, 4) is 0 Å². The molecule has 114 valence electrons. The van der Waals surface area contributed by atoms with Crippen LogP contribution in [0, 0.1) is 5.92 Å². The van der Waals surface area contributed by atoms with E-state index in [9.17, 15) is 9.59 Å². The third kappa shape index (κ3) is 3.84. The molecule has 2 rings (SSSR count). The summed E-state index contributed by atoms with van der Waals surface area (Å²) in [6, 6.07) is 5.22. The lowest BCUT2D eigenvalue weighted by Crippen LogP contribution is -2.42. The number of aryl methyl sites for hydroxylation is 2. The Bertz CT molecular complexity index is 537. The molecule has 0 unspecified atom stereocenters. The summed E-state index contributed by atoms with van der Waals surface area (Å²) < 4.78 is 4.77. The summed E-state index contributed by atoms with van der Waals surface area (Å²) in [5.41, 5.74) is 3.20. The maximum absolute atomic E-state index is 12.3. The number of nitrogens with one attached hydrogen (secondary N) is 1. The van der Waals surface area contributed by atoms with Crippen LogP contribution in [0.1, 0.15) is 48.2 Å². The Balaban J connectivity index is 2.09. The van der Waals surface area contributed by atoms with Gasteiger partial charge in [0, 0.05) is 5.56 Å². The summed E-state index contributed by atoms with van der Waals surface area (Å²) >= 11 is 0.